The van der Waals surface area contributed by atoms with E-state index in [2.05, 4.69) is 20.9 Å². The van der Waals surface area contributed by atoms with Gasteiger partial charge in [0.1, 0.15) is 0 Å². The molecule has 1 aromatic heterocycles. The number of aromatic nitrogens is 1. The highest BCUT2D eigenvalue weighted by molar-refractivity contribution is 9.11. The van der Waals surface area contributed by atoms with Crippen LogP contribution in [0.4, 0.5) is 0 Å². The topological polar surface area (TPSA) is 38.9 Å². The molecule has 0 aliphatic heterocycles. The van der Waals surface area contributed by atoms with Crippen LogP contribution in [-0.2, 0) is 6.42 Å². The Morgan fingerprint density at radius 2 is 2.18 bits per heavy atom. The van der Waals surface area contributed by atoms with E-state index in [0.29, 0.717) is 6.54 Å². The van der Waals surface area contributed by atoms with Crippen LogP contribution < -0.4 is 5.73 Å². The number of hydrogen-bond acceptors (Lipinski definition) is 3. The van der Waals surface area contributed by atoms with Crippen LogP contribution in [0.1, 0.15) is 5.01 Å². The fourth-order valence-electron chi connectivity index (χ4n) is 0.527. The van der Waals surface area contributed by atoms with Gasteiger partial charge in [0.05, 0.1) is 15.0 Å². The Morgan fingerprint density at radius 1 is 1.55 bits per heavy atom. The smallest absolute Gasteiger partial charge is 0.0949 e. The molecule has 1 heterocycles. The number of nitrogens with zero attached hydrogens (tertiary/aromatic N) is 1. The standard InChI is InChI=1S/C5H7BrN2S.2ClH/c6-4-3-8-5(9-4)1-2-7;;/h3H,1-2,7H2;2*1H. The Hall–Kier alpha value is 0.650. The molecule has 0 fully saturated rings. The first-order valence-electron chi connectivity index (χ1n) is 2.63. The van der Waals surface area contributed by atoms with Gasteiger partial charge in [0, 0.05) is 6.42 Å². The van der Waals surface area contributed by atoms with Gasteiger partial charge in [-0.1, -0.05) is 0 Å². The molecule has 11 heavy (non-hydrogen) atoms. The minimum Gasteiger partial charge on any atom is -0.330 e. The molecule has 1 aromatic rings. The minimum absolute atomic E-state index is 0. The minimum atomic E-state index is 0. The summed E-state index contributed by atoms with van der Waals surface area (Å²) < 4.78 is 1.07. The van der Waals surface area contributed by atoms with Crippen molar-refractivity contribution in [1.29, 1.82) is 0 Å². The van der Waals surface area contributed by atoms with E-state index in [9.17, 15) is 0 Å². The van der Waals surface area contributed by atoms with Gasteiger partial charge in [-0.2, -0.15) is 0 Å². The van der Waals surface area contributed by atoms with E-state index in [1.165, 1.54) is 0 Å². The highest BCUT2D eigenvalue weighted by atomic mass is 79.9. The molecule has 0 aliphatic rings. The predicted molar refractivity (Wildman–Crippen MR) is 57.1 cm³/mol. The van der Waals surface area contributed by atoms with Crippen LogP contribution in [0.25, 0.3) is 0 Å². The number of thiazole rings is 1. The predicted octanol–water partition coefficient (Wildman–Crippen LogP) is 2.25. The lowest BCUT2D eigenvalue weighted by Gasteiger charge is -1.85. The largest absolute Gasteiger partial charge is 0.330 e. The van der Waals surface area contributed by atoms with Gasteiger partial charge in [-0.25, -0.2) is 4.98 Å². The third kappa shape index (κ3) is 4.98. The van der Waals surface area contributed by atoms with Crippen molar-refractivity contribution in [3.8, 4) is 0 Å². The van der Waals surface area contributed by atoms with Crippen LogP contribution >= 0.6 is 52.1 Å². The van der Waals surface area contributed by atoms with E-state index >= 15 is 0 Å². The van der Waals surface area contributed by atoms with Gasteiger partial charge in [0.25, 0.3) is 0 Å². The van der Waals surface area contributed by atoms with Crippen molar-refractivity contribution < 1.29 is 0 Å². The van der Waals surface area contributed by atoms with Crippen LogP contribution in [0.15, 0.2) is 9.98 Å². The molecule has 2 nitrogen and oxygen atoms in total. The van der Waals surface area contributed by atoms with Crippen LogP contribution in [0.5, 0.6) is 0 Å². The van der Waals surface area contributed by atoms with Gasteiger partial charge in [0.15, 0.2) is 0 Å². The average molecular weight is 280 g/mol. The molecule has 0 bridgehead atoms. The normalized spacial score (nSPS) is 8.18. The zero-order valence-electron chi connectivity index (χ0n) is 5.62. The quantitative estimate of drug-likeness (QED) is 0.902. The maximum absolute atomic E-state index is 5.32. The van der Waals surface area contributed by atoms with E-state index in [-0.39, 0.29) is 24.8 Å². The third-order valence-electron chi connectivity index (χ3n) is 0.884. The maximum atomic E-state index is 5.32. The molecule has 0 saturated carbocycles. The number of hydrogen-bond donors (Lipinski definition) is 1. The summed E-state index contributed by atoms with van der Waals surface area (Å²) in [6, 6.07) is 0. The Balaban J connectivity index is 0. The lowest BCUT2D eigenvalue weighted by molar-refractivity contribution is 0.953. The zero-order chi connectivity index (χ0) is 6.69. The van der Waals surface area contributed by atoms with E-state index in [4.69, 9.17) is 5.73 Å². The summed E-state index contributed by atoms with van der Waals surface area (Å²) in [6.07, 6.45) is 2.69. The molecular formula is C5H9BrCl2N2S. The Bertz CT molecular complexity index is 194. The fraction of sp³-hybridized carbons (Fsp3) is 0.400. The zero-order valence-corrected chi connectivity index (χ0v) is 9.65. The van der Waals surface area contributed by atoms with Crippen molar-refractivity contribution in [2.75, 3.05) is 6.54 Å². The van der Waals surface area contributed by atoms with Crippen LogP contribution in [0.3, 0.4) is 0 Å². The van der Waals surface area contributed by atoms with E-state index < -0.39 is 0 Å². The Kier molecular flexibility index (Phi) is 9.43. The Morgan fingerprint density at radius 3 is 2.55 bits per heavy atom. The van der Waals surface area contributed by atoms with Gasteiger partial charge in [-0.05, 0) is 22.5 Å². The van der Waals surface area contributed by atoms with Crippen LogP contribution in [0.2, 0.25) is 0 Å². The second kappa shape index (κ2) is 7.31. The number of nitrogens with two attached hydrogens (primary N) is 1. The van der Waals surface area contributed by atoms with Crippen molar-refractivity contribution in [3.63, 3.8) is 0 Å². The molecule has 6 heteroatoms. The van der Waals surface area contributed by atoms with E-state index in [1.54, 1.807) is 17.5 Å². The molecule has 0 aliphatic carbocycles. The van der Waals surface area contributed by atoms with Crippen LogP contribution in [-0.4, -0.2) is 11.5 Å². The molecule has 0 spiro atoms. The summed E-state index contributed by atoms with van der Waals surface area (Å²) in [5.41, 5.74) is 5.32. The monoisotopic (exact) mass is 278 g/mol. The molecule has 0 unspecified atom stereocenters. The van der Waals surface area contributed by atoms with Crippen molar-refractivity contribution in [3.05, 3.63) is 15.0 Å². The molecule has 2 N–H and O–H groups in total. The van der Waals surface area contributed by atoms with Gasteiger partial charge < -0.3 is 5.73 Å². The fourth-order valence-corrected chi connectivity index (χ4v) is 1.85. The lowest BCUT2D eigenvalue weighted by atomic mass is 10.5. The van der Waals surface area contributed by atoms with Gasteiger partial charge >= 0.3 is 0 Å². The highest BCUT2D eigenvalue weighted by Gasteiger charge is 1.95. The molecule has 66 valence electrons. The first-order valence-corrected chi connectivity index (χ1v) is 4.24. The molecular weight excluding hydrogens is 271 g/mol. The number of halogens is 3. The SMILES string of the molecule is Cl.Cl.NCCc1ncc(Br)s1. The second-order valence-electron chi connectivity index (χ2n) is 1.60. The molecule has 0 atom stereocenters. The molecule has 0 saturated heterocycles. The van der Waals surface area contributed by atoms with Gasteiger partial charge in [-0.15, -0.1) is 36.2 Å². The lowest BCUT2D eigenvalue weighted by Crippen LogP contribution is -2.01. The van der Waals surface area contributed by atoms with Crippen molar-refractivity contribution >= 4 is 52.1 Å². The first-order chi connectivity index (χ1) is 4.33. The molecule has 0 aromatic carbocycles. The molecule has 0 radical (unpaired) electrons. The molecule has 0 amide bonds. The van der Waals surface area contributed by atoms with Gasteiger partial charge in [-0.3, -0.25) is 0 Å². The summed E-state index contributed by atoms with van der Waals surface area (Å²) in [4.78, 5) is 4.10. The van der Waals surface area contributed by atoms with Crippen molar-refractivity contribution in [2.45, 2.75) is 6.42 Å². The van der Waals surface area contributed by atoms with Crippen molar-refractivity contribution in [2.24, 2.45) is 5.73 Å². The number of rotatable bonds is 2. The summed E-state index contributed by atoms with van der Waals surface area (Å²) in [5.74, 6) is 0. The summed E-state index contributed by atoms with van der Waals surface area (Å²) >= 11 is 4.96. The summed E-state index contributed by atoms with van der Waals surface area (Å²) in [7, 11) is 0. The van der Waals surface area contributed by atoms with Crippen LogP contribution in [0, 0.1) is 0 Å². The summed E-state index contributed by atoms with van der Waals surface area (Å²) in [6.45, 7) is 0.681. The van der Waals surface area contributed by atoms with Crippen molar-refractivity contribution in [1.82, 2.24) is 4.98 Å². The Labute approximate surface area is 90.5 Å². The summed E-state index contributed by atoms with van der Waals surface area (Å²) in [5, 5.41) is 1.10. The highest BCUT2D eigenvalue weighted by Crippen LogP contribution is 2.18. The molecule has 1 rings (SSSR count). The van der Waals surface area contributed by atoms with E-state index in [0.717, 1.165) is 15.2 Å². The second-order valence-corrected chi connectivity index (χ2v) is 4.09. The van der Waals surface area contributed by atoms with Gasteiger partial charge in [0.2, 0.25) is 0 Å². The first kappa shape index (κ1) is 14.2. The third-order valence-corrected chi connectivity index (χ3v) is 2.42. The maximum Gasteiger partial charge on any atom is 0.0949 e. The average Bonchev–Trinajstić information content (AvgIpc) is 2.17. The van der Waals surface area contributed by atoms with E-state index in [1.807, 2.05) is 0 Å².